The summed E-state index contributed by atoms with van der Waals surface area (Å²) >= 11 is 0. The number of unbranched alkanes of at least 4 members (excludes halogenated alkanes) is 9. The Morgan fingerprint density at radius 3 is 1.77 bits per heavy atom. The van der Waals surface area contributed by atoms with E-state index in [1.54, 1.807) is 0 Å². The Morgan fingerprint density at radius 2 is 1.19 bits per heavy atom. The molecule has 0 rings (SSSR count). The van der Waals surface area contributed by atoms with Gasteiger partial charge >= 0.3 is 5.97 Å². The van der Waals surface area contributed by atoms with E-state index >= 15 is 0 Å². The van der Waals surface area contributed by atoms with Crippen molar-refractivity contribution in [3.8, 4) is 0 Å². The van der Waals surface area contributed by atoms with Gasteiger partial charge in [0, 0.05) is 38.3 Å². The van der Waals surface area contributed by atoms with Gasteiger partial charge in [-0.1, -0.05) is 64.7 Å². The standard InChI is InChI=1S/C20H39N3O3/c1-2-3-4-5-6-7-8-9-10-11-14-21-15-16-22-17-18-23-19(24)12-13-20(25)26/h12-13,21-22H,2-11,14-18H2,1H3,(H,23,24)(H,25,26)/b13-12-. The molecule has 1 amide bonds. The smallest absolute Gasteiger partial charge is 0.328 e. The molecule has 4 N–H and O–H groups in total. The van der Waals surface area contributed by atoms with Crippen LogP contribution in [0.2, 0.25) is 0 Å². The lowest BCUT2D eigenvalue weighted by atomic mass is 10.1. The van der Waals surface area contributed by atoms with E-state index in [9.17, 15) is 9.59 Å². The molecule has 0 unspecified atom stereocenters. The van der Waals surface area contributed by atoms with E-state index in [0.717, 1.165) is 31.8 Å². The Morgan fingerprint density at radius 1 is 0.692 bits per heavy atom. The van der Waals surface area contributed by atoms with E-state index in [4.69, 9.17) is 5.11 Å². The molecule has 0 saturated carbocycles. The Kier molecular flexibility index (Phi) is 18.8. The molecule has 26 heavy (non-hydrogen) atoms. The third kappa shape index (κ3) is 20.6. The molecule has 0 aromatic rings. The topological polar surface area (TPSA) is 90.5 Å². The van der Waals surface area contributed by atoms with Crippen molar-refractivity contribution in [1.29, 1.82) is 0 Å². The zero-order valence-electron chi connectivity index (χ0n) is 16.5. The minimum absolute atomic E-state index is 0.381. The normalized spacial score (nSPS) is 11.1. The summed E-state index contributed by atoms with van der Waals surface area (Å²) in [7, 11) is 0. The Hall–Kier alpha value is -1.40. The predicted molar refractivity (Wildman–Crippen MR) is 107 cm³/mol. The molecule has 0 aliphatic rings. The number of carbonyl (C=O) groups excluding carboxylic acids is 1. The summed E-state index contributed by atoms with van der Waals surface area (Å²) in [5.74, 6) is -1.50. The van der Waals surface area contributed by atoms with Crippen molar-refractivity contribution in [3.63, 3.8) is 0 Å². The summed E-state index contributed by atoms with van der Waals surface area (Å²) in [5.41, 5.74) is 0. The van der Waals surface area contributed by atoms with Gasteiger partial charge in [-0.15, -0.1) is 0 Å². The first kappa shape index (κ1) is 24.6. The number of rotatable bonds is 19. The largest absolute Gasteiger partial charge is 0.478 e. The molecule has 0 radical (unpaired) electrons. The van der Waals surface area contributed by atoms with Gasteiger partial charge in [0.25, 0.3) is 0 Å². The zero-order valence-corrected chi connectivity index (χ0v) is 16.5. The molecule has 0 saturated heterocycles. The average molecular weight is 370 g/mol. The van der Waals surface area contributed by atoms with Gasteiger partial charge in [0.05, 0.1) is 0 Å². The third-order valence-corrected chi connectivity index (χ3v) is 4.16. The van der Waals surface area contributed by atoms with Crippen LogP contribution in [0, 0.1) is 0 Å². The molecule has 6 nitrogen and oxygen atoms in total. The van der Waals surface area contributed by atoms with Crippen LogP contribution in [0.5, 0.6) is 0 Å². The van der Waals surface area contributed by atoms with E-state index < -0.39 is 5.97 Å². The number of carboxylic acid groups (broad SMARTS) is 1. The number of nitrogens with one attached hydrogen (secondary N) is 3. The van der Waals surface area contributed by atoms with Crippen LogP contribution >= 0.6 is 0 Å². The summed E-state index contributed by atoms with van der Waals surface area (Å²) in [5, 5.41) is 17.7. The fourth-order valence-electron chi connectivity index (χ4n) is 2.64. The first-order chi connectivity index (χ1) is 12.7. The summed E-state index contributed by atoms with van der Waals surface area (Å²) in [4.78, 5) is 21.5. The van der Waals surface area contributed by atoms with E-state index in [-0.39, 0.29) is 5.91 Å². The fraction of sp³-hybridized carbons (Fsp3) is 0.800. The van der Waals surface area contributed by atoms with Crippen LogP contribution in [0.3, 0.4) is 0 Å². The van der Waals surface area contributed by atoms with Crippen LogP contribution in [0.25, 0.3) is 0 Å². The molecule has 0 aromatic carbocycles. The van der Waals surface area contributed by atoms with Crippen LogP contribution in [0.1, 0.15) is 71.1 Å². The van der Waals surface area contributed by atoms with Crippen molar-refractivity contribution in [3.05, 3.63) is 12.2 Å². The van der Waals surface area contributed by atoms with Crippen molar-refractivity contribution in [2.45, 2.75) is 71.1 Å². The summed E-state index contributed by atoms with van der Waals surface area (Å²) < 4.78 is 0. The quantitative estimate of drug-likeness (QED) is 0.208. The molecule has 152 valence electrons. The lowest BCUT2D eigenvalue weighted by Gasteiger charge is -2.07. The van der Waals surface area contributed by atoms with Gasteiger partial charge in [0.2, 0.25) is 5.91 Å². The summed E-state index contributed by atoms with van der Waals surface area (Å²) in [6, 6.07) is 0. The second kappa shape index (κ2) is 19.9. The molecule has 0 spiro atoms. The maximum atomic E-state index is 11.2. The maximum absolute atomic E-state index is 11.2. The van der Waals surface area contributed by atoms with E-state index in [1.807, 2.05) is 0 Å². The zero-order chi connectivity index (χ0) is 19.3. The highest BCUT2D eigenvalue weighted by molar-refractivity contribution is 5.93. The highest BCUT2D eigenvalue weighted by Crippen LogP contribution is 2.10. The number of aliphatic carboxylic acids is 1. The fourth-order valence-corrected chi connectivity index (χ4v) is 2.64. The third-order valence-electron chi connectivity index (χ3n) is 4.16. The SMILES string of the molecule is CCCCCCCCCCCCNCCNCCNC(=O)/C=C\C(=O)O. The second-order valence-corrected chi connectivity index (χ2v) is 6.64. The molecule has 6 heteroatoms. The van der Waals surface area contributed by atoms with Gasteiger partial charge in [-0.05, 0) is 13.0 Å². The van der Waals surface area contributed by atoms with Gasteiger partial charge < -0.3 is 21.1 Å². The van der Waals surface area contributed by atoms with Gasteiger partial charge in [-0.25, -0.2) is 4.79 Å². The van der Waals surface area contributed by atoms with Crippen LogP contribution in [0.15, 0.2) is 12.2 Å². The number of hydrogen-bond donors (Lipinski definition) is 4. The molecule has 0 aromatic heterocycles. The number of carbonyl (C=O) groups is 2. The molecular weight excluding hydrogens is 330 g/mol. The molecule has 0 bridgehead atoms. The molecule has 0 heterocycles. The van der Waals surface area contributed by atoms with Gasteiger partial charge in [-0.3, -0.25) is 4.79 Å². The van der Waals surface area contributed by atoms with Crippen molar-refractivity contribution in [2.24, 2.45) is 0 Å². The van der Waals surface area contributed by atoms with Crippen molar-refractivity contribution >= 4 is 11.9 Å². The molecule has 0 atom stereocenters. The summed E-state index contributed by atoms with van der Waals surface area (Å²) in [6.07, 6.45) is 15.5. The predicted octanol–water partition coefficient (Wildman–Crippen LogP) is 2.84. The first-order valence-electron chi connectivity index (χ1n) is 10.3. The number of hydrogen-bond acceptors (Lipinski definition) is 4. The average Bonchev–Trinajstić information content (AvgIpc) is 2.62. The van der Waals surface area contributed by atoms with E-state index in [0.29, 0.717) is 13.1 Å². The van der Waals surface area contributed by atoms with Crippen LogP contribution in [-0.2, 0) is 9.59 Å². The van der Waals surface area contributed by atoms with Crippen LogP contribution in [-0.4, -0.2) is 49.7 Å². The Balaban J connectivity index is 3.13. The van der Waals surface area contributed by atoms with Gasteiger partial charge in [0.15, 0.2) is 0 Å². The van der Waals surface area contributed by atoms with Crippen LogP contribution in [0.4, 0.5) is 0 Å². The second-order valence-electron chi connectivity index (χ2n) is 6.64. The monoisotopic (exact) mass is 369 g/mol. The lowest BCUT2D eigenvalue weighted by Crippen LogP contribution is -2.34. The van der Waals surface area contributed by atoms with Crippen LogP contribution < -0.4 is 16.0 Å². The van der Waals surface area contributed by atoms with Gasteiger partial charge in [-0.2, -0.15) is 0 Å². The van der Waals surface area contributed by atoms with E-state index in [2.05, 4.69) is 22.9 Å². The summed E-state index contributed by atoms with van der Waals surface area (Å²) in [6.45, 7) is 6.26. The minimum atomic E-state index is -1.12. The Bertz CT molecular complexity index is 373. The Labute approximate surface area is 159 Å². The minimum Gasteiger partial charge on any atom is -0.478 e. The maximum Gasteiger partial charge on any atom is 0.328 e. The first-order valence-corrected chi connectivity index (χ1v) is 10.3. The van der Waals surface area contributed by atoms with Crippen molar-refractivity contribution < 1.29 is 14.7 Å². The van der Waals surface area contributed by atoms with E-state index in [1.165, 1.54) is 64.2 Å². The molecule has 0 aliphatic carbocycles. The molecule has 0 aliphatic heterocycles. The highest BCUT2D eigenvalue weighted by Gasteiger charge is 1.96. The number of carboxylic acids is 1. The highest BCUT2D eigenvalue weighted by atomic mass is 16.4. The lowest BCUT2D eigenvalue weighted by molar-refractivity contribution is -0.131. The number of amides is 1. The molecule has 0 fully saturated rings. The van der Waals surface area contributed by atoms with Gasteiger partial charge in [0.1, 0.15) is 0 Å². The molecular formula is C20H39N3O3. The van der Waals surface area contributed by atoms with Crippen molar-refractivity contribution in [1.82, 2.24) is 16.0 Å². The van der Waals surface area contributed by atoms with Crippen molar-refractivity contribution in [2.75, 3.05) is 32.7 Å².